The molecule has 3 rings (SSSR count). The van der Waals surface area contributed by atoms with Gasteiger partial charge in [0, 0.05) is 23.5 Å². The zero-order chi connectivity index (χ0) is 20.6. The third-order valence-electron chi connectivity index (χ3n) is 4.40. The van der Waals surface area contributed by atoms with Crippen LogP contribution in [-0.2, 0) is 16.0 Å². The van der Waals surface area contributed by atoms with Crippen LogP contribution in [0, 0.1) is 0 Å². The fourth-order valence-corrected chi connectivity index (χ4v) is 2.96. The topological polar surface area (TPSA) is 101 Å². The van der Waals surface area contributed by atoms with Gasteiger partial charge in [0.2, 0.25) is 0 Å². The molecule has 1 aromatic heterocycles. The number of aliphatic carboxylic acids is 1. The van der Waals surface area contributed by atoms with Gasteiger partial charge in [-0.1, -0.05) is 25.1 Å². The Bertz CT molecular complexity index is 965. The van der Waals surface area contributed by atoms with E-state index in [1.165, 1.54) is 0 Å². The molecule has 2 aromatic carbocycles. The zero-order valence-corrected chi connectivity index (χ0v) is 16.2. The molecule has 0 aliphatic carbocycles. The lowest BCUT2D eigenvalue weighted by molar-refractivity contribution is -0.142. The Morgan fingerprint density at radius 2 is 1.76 bits per heavy atom. The van der Waals surface area contributed by atoms with Crippen molar-refractivity contribution >= 4 is 22.8 Å². The lowest BCUT2D eigenvalue weighted by atomic mass is 10.1. The summed E-state index contributed by atoms with van der Waals surface area (Å²) >= 11 is 0. The van der Waals surface area contributed by atoms with Crippen molar-refractivity contribution in [2.24, 2.45) is 0 Å². The van der Waals surface area contributed by atoms with Crippen molar-refractivity contribution in [3.8, 4) is 11.5 Å². The zero-order valence-electron chi connectivity index (χ0n) is 16.2. The van der Waals surface area contributed by atoms with E-state index in [0.717, 1.165) is 28.6 Å². The molecule has 7 nitrogen and oxygen atoms in total. The van der Waals surface area contributed by atoms with Crippen LogP contribution in [0.5, 0.6) is 11.5 Å². The number of carboxylic acids is 1. The lowest BCUT2D eigenvalue weighted by Gasteiger charge is -2.15. The maximum atomic E-state index is 12.2. The molecule has 0 spiro atoms. The van der Waals surface area contributed by atoms with Gasteiger partial charge in [-0.2, -0.15) is 0 Å². The normalized spacial score (nSPS) is 11.8. The van der Waals surface area contributed by atoms with Crippen LogP contribution in [0.4, 0.5) is 0 Å². The molecule has 0 bridgehead atoms. The number of rotatable bonds is 10. The van der Waals surface area contributed by atoms with Crippen LogP contribution in [-0.4, -0.2) is 41.2 Å². The first-order valence-corrected chi connectivity index (χ1v) is 9.49. The van der Waals surface area contributed by atoms with E-state index in [1.807, 2.05) is 31.2 Å². The summed E-state index contributed by atoms with van der Waals surface area (Å²) in [5.74, 6) is -0.356. The van der Waals surface area contributed by atoms with Crippen molar-refractivity contribution in [3.05, 3.63) is 60.3 Å². The van der Waals surface area contributed by atoms with E-state index in [-0.39, 0.29) is 13.0 Å². The van der Waals surface area contributed by atoms with E-state index >= 15 is 0 Å². The van der Waals surface area contributed by atoms with Gasteiger partial charge in [0.25, 0.3) is 5.91 Å². The summed E-state index contributed by atoms with van der Waals surface area (Å²) in [6.45, 7) is 2.39. The number of nitrogens with one attached hydrogen (secondary N) is 2. The van der Waals surface area contributed by atoms with Crippen LogP contribution in [0.1, 0.15) is 18.9 Å². The molecule has 0 saturated carbocycles. The number of hydrogen-bond donors (Lipinski definition) is 3. The average Bonchev–Trinajstić information content (AvgIpc) is 3.14. The Labute approximate surface area is 168 Å². The highest BCUT2D eigenvalue weighted by Gasteiger charge is 2.22. The molecule has 0 radical (unpaired) electrons. The number of H-pyrrole nitrogens is 1. The second kappa shape index (κ2) is 9.64. The fraction of sp³-hybridized carbons (Fsp3) is 0.273. The number of ether oxygens (including phenoxy) is 2. The number of benzene rings is 2. The van der Waals surface area contributed by atoms with Crippen LogP contribution in [0.3, 0.4) is 0 Å². The number of hydrogen-bond acceptors (Lipinski definition) is 4. The average molecular weight is 396 g/mol. The first-order valence-electron chi connectivity index (χ1n) is 9.49. The quantitative estimate of drug-likeness (QED) is 0.489. The Morgan fingerprint density at radius 1 is 1.07 bits per heavy atom. The summed E-state index contributed by atoms with van der Waals surface area (Å²) in [6, 6.07) is 13.5. The van der Waals surface area contributed by atoms with Crippen LogP contribution in [0.15, 0.2) is 54.7 Å². The highest BCUT2D eigenvalue weighted by atomic mass is 16.5. The largest absolute Gasteiger partial charge is 0.494 e. The summed E-state index contributed by atoms with van der Waals surface area (Å²) in [5, 5.41) is 13.0. The van der Waals surface area contributed by atoms with Crippen molar-refractivity contribution < 1.29 is 24.2 Å². The minimum Gasteiger partial charge on any atom is -0.494 e. The molecular formula is C22H24N2O5. The SMILES string of the molecule is CCCOc1ccc(OCC(=O)NC(Cc2c[nH]c3ccccc23)C(=O)O)cc1. The molecule has 1 amide bonds. The predicted molar refractivity (Wildman–Crippen MR) is 109 cm³/mol. The third kappa shape index (κ3) is 5.51. The molecule has 1 atom stereocenters. The second-order valence-electron chi connectivity index (χ2n) is 6.63. The van der Waals surface area contributed by atoms with Gasteiger partial charge in [0.15, 0.2) is 6.61 Å². The van der Waals surface area contributed by atoms with Crippen LogP contribution < -0.4 is 14.8 Å². The van der Waals surface area contributed by atoms with Crippen LogP contribution in [0.2, 0.25) is 0 Å². The van der Waals surface area contributed by atoms with Gasteiger partial charge >= 0.3 is 5.97 Å². The fourth-order valence-electron chi connectivity index (χ4n) is 2.96. The molecule has 1 heterocycles. The molecule has 0 fully saturated rings. The number of carbonyl (C=O) groups is 2. The molecule has 152 valence electrons. The van der Waals surface area contributed by atoms with E-state index in [4.69, 9.17) is 9.47 Å². The molecular weight excluding hydrogens is 372 g/mol. The van der Waals surface area contributed by atoms with Crippen molar-refractivity contribution in [3.63, 3.8) is 0 Å². The lowest BCUT2D eigenvalue weighted by Crippen LogP contribution is -2.44. The number of para-hydroxylation sites is 1. The van der Waals surface area contributed by atoms with Gasteiger partial charge in [-0.25, -0.2) is 4.79 Å². The smallest absolute Gasteiger partial charge is 0.326 e. The predicted octanol–water partition coefficient (Wildman–Crippen LogP) is 3.15. The van der Waals surface area contributed by atoms with E-state index in [2.05, 4.69) is 10.3 Å². The molecule has 1 unspecified atom stereocenters. The molecule has 3 aromatic rings. The molecule has 0 aliphatic heterocycles. The maximum absolute atomic E-state index is 12.2. The van der Waals surface area contributed by atoms with E-state index < -0.39 is 17.9 Å². The Morgan fingerprint density at radius 3 is 2.45 bits per heavy atom. The van der Waals surface area contributed by atoms with E-state index in [9.17, 15) is 14.7 Å². The monoisotopic (exact) mass is 396 g/mol. The highest BCUT2D eigenvalue weighted by Crippen LogP contribution is 2.20. The van der Waals surface area contributed by atoms with Crippen molar-refractivity contribution in [2.45, 2.75) is 25.8 Å². The Kier molecular flexibility index (Phi) is 6.73. The van der Waals surface area contributed by atoms with Gasteiger partial charge in [-0.3, -0.25) is 4.79 Å². The van der Waals surface area contributed by atoms with Crippen LogP contribution >= 0.6 is 0 Å². The molecule has 29 heavy (non-hydrogen) atoms. The number of aromatic amines is 1. The van der Waals surface area contributed by atoms with Crippen LogP contribution in [0.25, 0.3) is 10.9 Å². The number of carboxylic acid groups (broad SMARTS) is 1. The van der Waals surface area contributed by atoms with Gasteiger partial charge in [-0.15, -0.1) is 0 Å². The first kappa shape index (κ1) is 20.3. The summed E-state index contributed by atoms with van der Waals surface area (Å²) in [6.07, 6.45) is 2.86. The summed E-state index contributed by atoms with van der Waals surface area (Å²) in [7, 11) is 0. The third-order valence-corrected chi connectivity index (χ3v) is 4.40. The van der Waals surface area contributed by atoms with E-state index in [0.29, 0.717) is 12.4 Å². The summed E-state index contributed by atoms with van der Waals surface area (Å²) in [4.78, 5) is 26.9. The number of carbonyl (C=O) groups excluding carboxylic acids is 1. The Balaban J connectivity index is 1.55. The van der Waals surface area contributed by atoms with Crippen molar-refractivity contribution in [1.29, 1.82) is 0 Å². The standard InChI is InChI=1S/C22H24N2O5/c1-2-11-28-16-7-9-17(10-8-16)29-14-21(25)24-20(22(26)27)12-15-13-23-19-6-4-3-5-18(15)19/h3-10,13,20,23H,2,11-12,14H2,1H3,(H,24,25)(H,26,27). The molecule has 3 N–H and O–H groups in total. The summed E-state index contributed by atoms with van der Waals surface area (Å²) in [5.41, 5.74) is 1.75. The van der Waals surface area contributed by atoms with E-state index in [1.54, 1.807) is 30.5 Å². The van der Waals surface area contributed by atoms with Crippen molar-refractivity contribution in [1.82, 2.24) is 10.3 Å². The highest BCUT2D eigenvalue weighted by molar-refractivity contribution is 5.87. The number of amides is 1. The summed E-state index contributed by atoms with van der Waals surface area (Å²) < 4.78 is 10.9. The molecule has 7 heteroatoms. The molecule has 0 aliphatic rings. The van der Waals surface area contributed by atoms with Crippen molar-refractivity contribution in [2.75, 3.05) is 13.2 Å². The molecule has 0 saturated heterocycles. The minimum absolute atomic E-state index is 0.175. The second-order valence-corrected chi connectivity index (χ2v) is 6.63. The minimum atomic E-state index is -1.10. The van der Waals surface area contributed by atoms with Gasteiger partial charge in [0.1, 0.15) is 17.5 Å². The van der Waals surface area contributed by atoms with Gasteiger partial charge < -0.3 is 24.9 Å². The first-order chi connectivity index (χ1) is 14.1. The number of fused-ring (bicyclic) bond motifs is 1. The Hall–Kier alpha value is -3.48. The van der Waals surface area contributed by atoms with Gasteiger partial charge in [-0.05, 0) is 42.3 Å². The number of aromatic nitrogens is 1. The van der Waals surface area contributed by atoms with Gasteiger partial charge in [0.05, 0.1) is 6.61 Å². The maximum Gasteiger partial charge on any atom is 0.326 e.